The fourth-order valence-corrected chi connectivity index (χ4v) is 7.36. The smallest absolute Gasteiger partial charge is 0.352 e. The zero-order valence-corrected chi connectivity index (χ0v) is 23.2. The van der Waals surface area contributed by atoms with Gasteiger partial charge in [0, 0.05) is 30.2 Å². The van der Waals surface area contributed by atoms with Gasteiger partial charge in [0.2, 0.25) is 0 Å². The van der Waals surface area contributed by atoms with Gasteiger partial charge in [0.25, 0.3) is 19.2 Å². The number of nitrogens with one attached hydrogen (secondary N) is 1. The summed E-state index contributed by atoms with van der Waals surface area (Å²) >= 11 is 5.16. The monoisotopic (exact) mass is 589 g/mol. The Bertz CT molecular complexity index is 1330. The average Bonchev–Trinajstić information content (AvgIpc) is 3.42. The molecular formula is C18H20N7O6PS4. The fraction of sp³-hybridized carbons (Fsp3) is 0.389. The van der Waals surface area contributed by atoms with Crippen LogP contribution in [0, 0.1) is 6.92 Å². The number of nitrogens with zero attached hydrogens (tertiary/aromatic N) is 5. The predicted molar refractivity (Wildman–Crippen MR) is 139 cm³/mol. The van der Waals surface area contributed by atoms with Crippen molar-refractivity contribution in [3.05, 3.63) is 27.4 Å². The zero-order chi connectivity index (χ0) is 26.2. The number of aromatic nitrogens is 3. The molecule has 2 aliphatic rings. The molecule has 2 atom stereocenters. The number of rotatable bonds is 9. The van der Waals surface area contributed by atoms with Gasteiger partial charge in [-0.15, -0.1) is 33.3 Å². The molecule has 18 heteroatoms. The van der Waals surface area contributed by atoms with E-state index in [4.69, 9.17) is 10.4 Å². The normalized spacial score (nSPS) is 20.1. The van der Waals surface area contributed by atoms with Crippen molar-refractivity contribution in [1.82, 2.24) is 25.4 Å². The number of hydrogen-bond acceptors (Lipinski definition) is 14. The highest BCUT2D eigenvalue weighted by Crippen LogP contribution is 2.42. The van der Waals surface area contributed by atoms with Gasteiger partial charge in [-0.3, -0.25) is 19.1 Å². The first-order valence-corrected chi connectivity index (χ1v) is 16.4. The second-order valence-corrected chi connectivity index (χ2v) is 14.9. The van der Waals surface area contributed by atoms with Crippen molar-refractivity contribution in [2.45, 2.75) is 22.7 Å². The summed E-state index contributed by atoms with van der Waals surface area (Å²) in [5.74, 6) is -1.89. The second-order valence-electron chi connectivity index (χ2n) is 7.84. The number of fused-ring (bicyclic) bond motifs is 1. The lowest BCUT2D eigenvalue weighted by atomic mass is 10.0. The first-order valence-electron chi connectivity index (χ1n) is 10.1. The molecular weight excluding hydrogens is 569 g/mol. The lowest BCUT2D eigenvalue weighted by molar-refractivity contribution is -0.150. The van der Waals surface area contributed by atoms with Crippen LogP contribution < -0.4 is 11.1 Å². The molecule has 2 aromatic rings. The summed E-state index contributed by atoms with van der Waals surface area (Å²) in [6.07, 6.45) is 0. The lowest BCUT2D eigenvalue weighted by Crippen LogP contribution is -2.71. The van der Waals surface area contributed by atoms with Crippen LogP contribution in [0.3, 0.4) is 0 Å². The number of β-lactam (4-membered cyclic amide) rings is 1. The molecule has 1 saturated heterocycles. The number of thiazole rings is 1. The molecule has 0 radical (unpaired) electrons. The van der Waals surface area contributed by atoms with Crippen molar-refractivity contribution < 1.29 is 28.7 Å². The largest absolute Gasteiger partial charge is 0.477 e. The molecule has 1 fully saturated rings. The number of nitrogen functional groups attached to an aromatic ring is 1. The summed E-state index contributed by atoms with van der Waals surface area (Å²) in [7, 11) is -3.07. The van der Waals surface area contributed by atoms with E-state index in [9.17, 15) is 24.1 Å². The Morgan fingerprint density at radius 1 is 1.42 bits per heavy atom. The summed E-state index contributed by atoms with van der Waals surface area (Å²) in [6.45, 7) is 4.48. The number of thioether (sulfide) groups is 2. The Balaban J connectivity index is 1.51. The van der Waals surface area contributed by atoms with Crippen LogP contribution in [0.1, 0.15) is 10.7 Å². The minimum absolute atomic E-state index is 0.0922. The van der Waals surface area contributed by atoms with Crippen molar-refractivity contribution in [2.24, 2.45) is 5.16 Å². The van der Waals surface area contributed by atoms with E-state index in [1.165, 1.54) is 58.5 Å². The van der Waals surface area contributed by atoms with Crippen molar-refractivity contribution in [1.29, 1.82) is 0 Å². The van der Waals surface area contributed by atoms with Crippen LogP contribution in [-0.2, 0) is 23.6 Å². The molecule has 0 aromatic carbocycles. The Labute approximate surface area is 221 Å². The zero-order valence-electron chi connectivity index (χ0n) is 19.0. The summed E-state index contributed by atoms with van der Waals surface area (Å²) in [5.41, 5.74) is 5.95. The summed E-state index contributed by atoms with van der Waals surface area (Å²) in [5, 5.41) is 25.9. The number of nitrogens with two attached hydrogens (primary N) is 1. The van der Waals surface area contributed by atoms with Crippen molar-refractivity contribution >= 4 is 82.2 Å². The molecule has 2 aliphatic heterocycles. The Morgan fingerprint density at radius 3 is 2.75 bits per heavy atom. The van der Waals surface area contributed by atoms with Crippen molar-refractivity contribution in [2.75, 3.05) is 30.6 Å². The van der Waals surface area contributed by atoms with E-state index in [1.807, 2.05) is 6.92 Å². The minimum atomic E-state index is -3.07. The number of carboxylic acid groups (broad SMARTS) is 1. The molecule has 0 aliphatic carbocycles. The van der Waals surface area contributed by atoms with Gasteiger partial charge < -0.3 is 20.8 Å². The molecule has 2 aromatic heterocycles. The highest BCUT2D eigenvalue weighted by Gasteiger charge is 2.54. The number of anilines is 1. The van der Waals surface area contributed by atoms with Gasteiger partial charge in [-0.05, 0) is 12.5 Å². The standard InChI is InChI=1S/C18H20N7O6PS4/c1-7-22-23-18(36-7)35-5-8-4-33-15-11(14(27)25(15)12(8)16(28)29)21-13(26)10(24-31-32(2,3)30)9-6-34-17(19)20-9/h6,11,15H,4-5H2,1-3H3,(H2,19,20)(H,21,26)(H,28,29)/t11-,15+/m1/s1. The fourth-order valence-electron chi connectivity index (χ4n) is 3.23. The highest BCUT2D eigenvalue weighted by molar-refractivity contribution is 8.01. The summed E-state index contributed by atoms with van der Waals surface area (Å²) in [6, 6.07) is -0.992. The molecule has 0 bridgehead atoms. The molecule has 0 saturated carbocycles. The van der Waals surface area contributed by atoms with Gasteiger partial charge in [0.05, 0.1) is 0 Å². The van der Waals surface area contributed by atoms with Crippen LogP contribution in [0.5, 0.6) is 0 Å². The number of aliphatic carboxylic acids is 1. The van der Waals surface area contributed by atoms with Gasteiger partial charge in [-0.2, -0.15) is 0 Å². The Hall–Kier alpha value is -2.46. The van der Waals surface area contributed by atoms with E-state index in [2.05, 4.69) is 25.7 Å². The molecule has 4 rings (SSSR count). The van der Waals surface area contributed by atoms with E-state index >= 15 is 0 Å². The van der Waals surface area contributed by atoms with Gasteiger partial charge in [-0.1, -0.05) is 28.3 Å². The molecule has 2 amide bonds. The van der Waals surface area contributed by atoms with Crippen molar-refractivity contribution in [3.8, 4) is 0 Å². The first kappa shape index (κ1) is 26.6. The number of carboxylic acids is 1. The molecule has 4 heterocycles. The second kappa shape index (κ2) is 10.5. The molecule has 4 N–H and O–H groups in total. The van der Waals surface area contributed by atoms with Crippen LogP contribution in [0.15, 0.2) is 26.1 Å². The maximum absolute atomic E-state index is 13.0. The van der Waals surface area contributed by atoms with Crippen molar-refractivity contribution in [3.63, 3.8) is 0 Å². The average molecular weight is 590 g/mol. The topological polar surface area (TPSA) is 190 Å². The molecule has 36 heavy (non-hydrogen) atoms. The SMILES string of the molecule is Cc1nnc(SCC2=C(C(=O)O)N3C(=O)[C@@H](NC(=O)C(=NOP(C)(C)=O)c4csc(N)n4)[C@@H]3SC2)s1. The van der Waals surface area contributed by atoms with E-state index < -0.39 is 36.6 Å². The van der Waals surface area contributed by atoms with Gasteiger partial charge in [0.1, 0.15) is 27.8 Å². The molecule has 192 valence electrons. The first-order chi connectivity index (χ1) is 16.9. The third kappa shape index (κ3) is 5.75. The Kier molecular flexibility index (Phi) is 7.75. The third-order valence-electron chi connectivity index (χ3n) is 4.72. The van der Waals surface area contributed by atoms with E-state index in [1.54, 1.807) is 0 Å². The quantitative estimate of drug-likeness (QED) is 0.126. The lowest BCUT2D eigenvalue weighted by Gasteiger charge is -2.49. The molecule has 13 nitrogen and oxygen atoms in total. The number of oxime groups is 1. The molecule has 0 unspecified atom stereocenters. The Morgan fingerprint density at radius 2 is 2.17 bits per heavy atom. The van der Waals surface area contributed by atoms with Crippen LogP contribution in [0.25, 0.3) is 0 Å². The number of amides is 2. The summed E-state index contributed by atoms with van der Waals surface area (Å²) in [4.78, 5) is 43.3. The van der Waals surface area contributed by atoms with Gasteiger partial charge in [-0.25, -0.2) is 9.78 Å². The summed E-state index contributed by atoms with van der Waals surface area (Å²) < 4.78 is 17.6. The number of aryl methyl sites for hydroxylation is 1. The number of carbonyl (C=O) groups is 3. The number of hydrogen-bond donors (Lipinski definition) is 3. The maximum Gasteiger partial charge on any atom is 0.352 e. The maximum atomic E-state index is 13.0. The van der Waals surface area contributed by atoms with Gasteiger partial charge >= 0.3 is 5.97 Å². The van der Waals surface area contributed by atoms with Crippen LogP contribution >= 0.6 is 53.6 Å². The minimum Gasteiger partial charge on any atom is -0.477 e. The predicted octanol–water partition coefficient (Wildman–Crippen LogP) is 1.67. The van der Waals surface area contributed by atoms with Crippen LogP contribution in [0.4, 0.5) is 5.13 Å². The van der Waals surface area contributed by atoms with Gasteiger partial charge in [0.15, 0.2) is 15.2 Å². The number of carbonyl (C=O) groups excluding carboxylic acids is 2. The van der Waals surface area contributed by atoms with Crippen LogP contribution in [0.2, 0.25) is 0 Å². The van der Waals surface area contributed by atoms with Crippen LogP contribution in [-0.4, -0.2) is 84.9 Å². The molecule has 0 spiro atoms. The van der Waals surface area contributed by atoms with E-state index in [0.29, 0.717) is 21.4 Å². The highest BCUT2D eigenvalue weighted by atomic mass is 32.2. The van der Waals surface area contributed by atoms with E-state index in [-0.39, 0.29) is 22.2 Å². The third-order valence-corrected chi connectivity index (χ3v) is 9.27. The van der Waals surface area contributed by atoms with E-state index in [0.717, 1.165) is 16.3 Å².